The number of aromatic nitrogens is 2. The summed E-state index contributed by atoms with van der Waals surface area (Å²) in [5, 5.41) is 10.2. The van der Waals surface area contributed by atoms with Gasteiger partial charge in [-0.05, 0) is 50.6 Å². The average Bonchev–Trinajstić information content (AvgIpc) is 3.21. The summed E-state index contributed by atoms with van der Waals surface area (Å²) in [7, 11) is 0. The third-order valence-corrected chi connectivity index (χ3v) is 4.60. The summed E-state index contributed by atoms with van der Waals surface area (Å²) in [6.45, 7) is 5.59. The summed E-state index contributed by atoms with van der Waals surface area (Å²) in [5.74, 6) is 0.796. The minimum atomic E-state index is -0.453. The number of nitrogens with zero attached hydrogens (tertiary/aromatic N) is 2. The standard InChI is InChI=1S/C18H17N3O3/c1-9-6-15(24-11(9)3)16-10(2)17(22)18(23)21(16)12-4-5-13-14(7-12)20-8-19-13/h4-8,16,22H,1-3H3,(H,19,20). The van der Waals surface area contributed by atoms with Gasteiger partial charge in [0.1, 0.15) is 17.6 Å². The van der Waals surface area contributed by atoms with Crippen LogP contribution in [0.5, 0.6) is 0 Å². The first-order chi connectivity index (χ1) is 11.5. The second kappa shape index (κ2) is 4.99. The van der Waals surface area contributed by atoms with E-state index in [1.165, 1.54) is 0 Å². The monoisotopic (exact) mass is 323 g/mol. The number of fused-ring (bicyclic) bond motifs is 1. The summed E-state index contributed by atoms with van der Waals surface area (Å²) < 4.78 is 5.83. The number of aliphatic hydroxyl groups excluding tert-OH is 1. The van der Waals surface area contributed by atoms with Gasteiger partial charge in [0.25, 0.3) is 5.91 Å². The summed E-state index contributed by atoms with van der Waals surface area (Å²) in [4.78, 5) is 21.4. The highest BCUT2D eigenvalue weighted by atomic mass is 16.3. The van der Waals surface area contributed by atoms with Gasteiger partial charge in [-0.2, -0.15) is 0 Å². The van der Waals surface area contributed by atoms with E-state index in [9.17, 15) is 9.90 Å². The van der Waals surface area contributed by atoms with E-state index < -0.39 is 11.9 Å². The number of aryl methyl sites for hydroxylation is 2. The fraction of sp³-hybridized carbons (Fsp3) is 0.222. The molecule has 0 spiro atoms. The van der Waals surface area contributed by atoms with Crippen molar-refractivity contribution in [3.8, 4) is 0 Å². The van der Waals surface area contributed by atoms with Crippen LogP contribution in [0.4, 0.5) is 5.69 Å². The Hall–Kier alpha value is -3.02. The first-order valence-electron chi connectivity index (χ1n) is 7.70. The Labute approximate surface area is 138 Å². The van der Waals surface area contributed by atoms with E-state index in [2.05, 4.69) is 9.97 Å². The maximum Gasteiger partial charge on any atom is 0.294 e. The SMILES string of the molecule is CC1=C(O)C(=O)N(c2ccc3nc[nH]c3c2)C1c1cc(C)c(C)o1. The maximum atomic E-state index is 12.6. The molecule has 122 valence electrons. The number of hydrogen-bond donors (Lipinski definition) is 2. The predicted octanol–water partition coefficient (Wildman–Crippen LogP) is 3.69. The van der Waals surface area contributed by atoms with Crippen molar-refractivity contribution in [2.24, 2.45) is 0 Å². The van der Waals surface area contributed by atoms with Crippen LogP contribution < -0.4 is 4.90 Å². The van der Waals surface area contributed by atoms with Crippen LogP contribution in [0.15, 0.2) is 46.3 Å². The van der Waals surface area contributed by atoms with Gasteiger partial charge in [0.2, 0.25) is 0 Å². The van der Waals surface area contributed by atoms with Crippen molar-refractivity contribution in [1.82, 2.24) is 9.97 Å². The molecule has 0 bridgehead atoms. The molecule has 2 aromatic heterocycles. The number of carbonyl (C=O) groups excluding carboxylic acids is 1. The van der Waals surface area contributed by atoms with Crippen LogP contribution in [-0.2, 0) is 4.79 Å². The lowest BCUT2D eigenvalue weighted by atomic mass is 10.1. The Morgan fingerprint density at radius 2 is 2.04 bits per heavy atom. The largest absolute Gasteiger partial charge is 0.503 e. The Balaban J connectivity index is 1.86. The Bertz CT molecular complexity index is 977. The minimum Gasteiger partial charge on any atom is -0.503 e. The molecule has 0 saturated carbocycles. The highest BCUT2D eigenvalue weighted by Gasteiger charge is 2.41. The molecule has 0 fully saturated rings. The Morgan fingerprint density at radius 1 is 1.25 bits per heavy atom. The number of rotatable bonds is 2. The first kappa shape index (κ1) is 14.6. The van der Waals surface area contributed by atoms with Crippen molar-refractivity contribution >= 4 is 22.6 Å². The van der Waals surface area contributed by atoms with Crippen LogP contribution >= 0.6 is 0 Å². The molecule has 1 aromatic carbocycles. The molecule has 0 aliphatic carbocycles. The van der Waals surface area contributed by atoms with E-state index in [1.807, 2.05) is 38.1 Å². The fourth-order valence-corrected chi connectivity index (χ4v) is 3.14. The predicted molar refractivity (Wildman–Crippen MR) is 89.8 cm³/mol. The molecule has 0 saturated heterocycles. The van der Waals surface area contributed by atoms with Gasteiger partial charge in [0, 0.05) is 11.3 Å². The van der Waals surface area contributed by atoms with E-state index in [0.29, 0.717) is 17.0 Å². The molecule has 6 nitrogen and oxygen atoms in total. The van der Waals surface area contributed by atoms with Crippen molar-refractivity contribution in [1.29, 1.82) is 0 Å². The molecule has 0 radical (unpaired) electrons. The van der Waals surface area contributed by atoms with Crippen LogP contribution in [0.3, 0.4) is 0 Å². The number of anilines is 1. The third kappa shape index (κ3) is 1.96. The molecule has 2 N–H and O–H groups in total. The number of carbonyl (C=O) groups is 1. The molecule has 4 rings (SSSR count). The number of furan rings is 1. The number of amides is 1. The first-order valence-corrected chi connectivity index (χ1v) is 7.70. The van der Waals surface area contributed by atoms with Crippen LogP contribution in [-0.4, -0.2) is 21.0 Å². The maximum absolute atomic E-state index is 12.6. The number of hydrogen-bond acceptors (Lipinski definition) is 4. The van der Waals surface area contributed by atoms with Crippen molar-refractivity contribution in [3.63, 3.8) is 0 Å². The second-order valence-electron chi connectivity index (χ2n) is 6.10. The molecular formula is C18H17N3O3. The summed E-state index contributed by atoms with van der Waals surface area (Å²) in [6.07, 6.45) is 1.61. The smallest absolute Gasteiger partial charge is 0.294 e. The van der Waals surface area contributed by atoms with Crippen LogP contribution in [0, 0.1) is 13.8 Å². The quantitative estimate of drug-likeness (QED) is 0.753. The fourth-order valence-electron chi connectivity index (χ4n) is 3.14. The lowest BCUT2D eigenvalue weighted by Gasteiger charge is -2.24. The van der Waals surface area contributed by atoms with Gasteiger partial charge in [-0.15, -0.1) is 0 Å². The average molecular weight is 323 g/mol. The molecule has 1 atom stereocenters. The van der Waals surface area contributed by atoms with Gasteiger partial charge in [-0.1, -0.05) is 0 Å². The highest BCUT2D eigenvalue weighted by molar-refractivity contribution is 6.09. The van der Waals surface area contributed by atoms with Crippen LogP contribution in [0.25, 0.3) is 11.0 Å². The second-order valence-corrected chi connectivity index (χ2v) is 6.10. The molecule has 1 aliphatic rings. The molecule has 1 amide bonds. The Morgan fingerprint density at radius 3 is 2.75 bits per heavy atom. The van der Waals surface area contributed by atoms with Crippen molar-refractivity contribution in [2.75, 3.05) is 4.90 Å². The molecule has 3 aromatic rings. The van der Waals surface area contributed by atoms with Crippen LogP contribution in [0.1, 0.15) is 30.0 Å². The zero-order valence-corrected chi connectivity index (χ0v) is 13.6. The van der Waals surface area contributed by atoms with Crippen molar-refractivity contribution in [2.45, 2.75) is 26.8 Å². The van der Waals surface area contributed by atoms with Gasteiger partial charge in [0.05, 0.1) is 17.4 Å². The number of imidazole rings is 1. The van der Waals surface area contributed by atoms with Gasteiger partial charge in [-0.3, -0.25) is 9.69 Å². The van der Waals surface area contributed by atoms with Crippen LogP contribution in [0.2, 0.25) is 0 Å². The third-order valence-electron chi connectivity index (χ3n) is 4.60. The highest BCUT2D eigenvalue weighted by Crippen LogP contribution is 2.41. The number of H-pyrrole nitrogens is 1. The lowest BCUT2D eigenvalue weighted by Crippen LogP contribution is -2.29. The summed E-state index contributed by atoms with van der Waals surface area (Å²) >= 11 is 0. The number of aromatic amines is 1. The molecule has 24 heavy (non-hydrogen) atoms. The number of benzene rings is 1. The molecular weight excluding hydrogens is 306 g/mol. The van der Waals surface area contributed by atoms with E-state index in [-0.39, 0.29) is 5.76 Å². The normalized spacial score (nSPS) is 18.2. The number of aliphatic hydroxyl groups is 1. The van der Waals surface area contributed by atoms with Gasteiger partial charge >= 0.3 is 0 Å². The zero-order chi connectivity index (χ0) is 17.0. The van der Waals surface area contributed by atoms with Gasteiger partial charge in [-0.25, -0.2) is 4.98 Å². The van der Waals surface area contributed by atoms with Gasteiger partial charge in [0.15, 0.2) is 5.76 Å². The summed E-state index contributed by atoms with van der Waals surface area (Å²) in [6, 6.07) is 6.97. The summed E-state index contributed by atoms with van der Waals surface area (Å²) in [5.41, 5.74) is 3.92. The molecule has 1 aliphatic heterocycles. The topological polar surface area (TPSA) is 82.4 Å². The molecule has 3 heterocycles. The van der Waals surface area contributed by atoms with Crippen molar-refractivity contribution < 1.29 is 14.3 Å². The zero-order valence-electron chi connectivity index (χ0n) is 13.6. The van der Waals surface area contributed by atoms with E-state index in [1.54, 1.807) is 18.2 Å². The van der Waals surface area contributed by atoms with E-state index >= 15 is 0 Å². The number of nitrogens with one attached hydrogen (secondary N) is 1. The van der Waals surface area contributed by atoms with Gasteiger partial charge < -0.3 is 14.5 Å². The minimum absolute atomic E-state index is 0.226. The van der Waals surface area contributed by atoms with E-state index in [4.69, 9.17) is 4.42 Å². The van der Waals surface area contributed by atoms with Crippen molar-refractivity contribution in [3.05, 3.63) is 59.0 Å². The molecule has 1 unspecified atom stereocenters. The molecule has 6 heteroatoms. The lowest BCUT2D eigenvalue weighted by molar-refractivity contribution is -0.117. The van der Waals surface area contributed by atoms with E-state index in [0.717, 1.165) is 22.4 Å². The Kier molecular flexibility index (Phi) is 3.03.